The van der Waals surface area contributed by atoms with Crippen LogP contribution >= 0.6 is 34.3 Å². The van der Waals surface area contributed by atoms with Gasteiger partial charge in [0.2, 0.25) is 0 Å². The molecular weight excluding hydrogens is 575 g/mol. The zero-order valence-electron chi connectivity index (χ0n) is 21.3. The van der Waals surface area contributed by atoms with Gasteiger partial charge in [0, 0.05) is 31.9 Å². The highest BCUT2D eigenvalue weighted by atomic mass is 35.5. The van der Waals surface area contributed by atoms with Gasteiger partial charge in [-0.2, -0.15) is 0 Å². The summed E-state index contributed by atoms with van der Waals surface area (Å²) in [5.41, 5.74) is 0.917. The molecular formula is C28H22ClFN4O4S2. The van der Waals surface area contributed by atoms with Gasteiger partial charge in [0.25, 0.3) is 0 Å². The van der Waals surface area contributed by atoms with Crippen LogP contribution in [0.5, 0.6) is 0 Å². The number of aryl methyl sites for hydroxylation is 1. The summed E-state index contributed by atoms with van der Waals surface area (Å²) in [7, 11) is 1.67. The number of hydrogen-bond acceptors (Lipinski definition) is 7. The lowest BCUT2D eigenvalue weighted by Crippen LogP contribution is -2.20. The minimum absolute atomic E-state index is 0.248. The third-order valence-electron chi connectivity index (χ3n) is 7.04. The number of halogens is 2. The maximum absolute atomic E-state index is 15.2. The third kappa shape index (κ3) is 4.63. The summed E-state index contributed by atoms with van der Waals surface area (Å²) in [6.45, 7) is 1.79. The van der Waals surface area contributed by atoms with Crippen LogP contribution in [0.15, 0.2) is 54.6 Å². The molecule has 1 saturated carbocycles. The molecule has 0 bridgehead atoms. The molecule has 1 aliphatic rings. The fourth-order valence-corrected chi connectivity index (χ4v) is 7.40. The van der Waals surface area contributed by atoms with Crippen molar-refractivity contribution in [2.45, 2.75) is 31.3 Å². The van der Waals surface area contributed by atoms with E-state index in [4.69, 9.17) is 16.3 Å². The number of carboxylic acid groups (broad SMARTS) is 1. The Bertz CT molecular complexity index is 1750. The monoisotopic (exact) mass is 596 g/mol. The van der Waals surface area contributed by atoms with E-state index >= 15 is 4.39 Å². The molecule has 12 heteroatoms. The van der Waals surface area contributed by atoms with Crippen molar-refractivity contribution in [3.05, 3.63) is 76.6 Å². The van der Waals surface area contributed by atoms with E-state index < -0.39 is 29.4 Å². The van der Waals surface area contributed by atoms with Crippen LogP contribution in [-0.2, 0) is 22.0 Å². The summed E-state index contributed by atoms with van der Waals surface area (Å²) in [5, 5.41) is 20.9. The number of aliphatic carboxylic acids is 1. The van der Waals surface area contributed by atoms with Gasteiger partial charge in [-0.3, -0.25) is 10.1 Å². The van der Waals surface area contributed by atoms with Crippen molar-refractivity contribution in [2.75, 3.05) is 5.32 Å². The SMILES string of the molecule is C[C@@H](OC(=O)Nc1c(-c2cc3sc(-c4cc(Cl)c(C5(C(=O)O)CC5)cc4F)cc3s2)nnn1C)c1ccccc1. The molecule has 1 atom stereocenters. The minimum atomic E-state index is -1.09. The number of carbonyl (C=O) groups excluding carboxylic acids is 1. The van der Waals surface area contributed by atoms with Crippen molar-refractivity contribution in [2.24, 2.45) is 7.05 Å². The summed E-state index contributed by atoms with van der Waals surface area (Å²) in [4.78, 5) is 25.8. The first kappa shape index (κ1) is 26.4. The van der Waals surface area contributed by atoms with Gasteiger partial charge < -0.3 is 9.84 Å². The number of anilines is 1. The molecule has 0 radical (unpaired) electrons. The highest BCUT2D eigenvalue weighted by Gasteiger charge is 2.53. The zero-order chi connectivity index (χ0) is 28.2. The van der Waals surface area contributed by atoms with Gasteiger partial charge in [-0.05, 0) is 55.2 Å². The number of nitrogens with one attached hydrogen (secondary N) is 1. The summed E-state index contributed by atoms with van der Waals surface area (Å²) in [5.74, 6) is -1.10. The predicted octanol–water partition coefficient (Wildman–Crippen LogP) is 7.64. The molecule has 3 heterocycles. The second kappa shape index (κ2) is 9.99. The highest BCUT2D eigenvalue weighted by molar-refractivity contribution is 7.31. The van der Waals surface area contributed by atoms with Crippen LogP contribution in [0.2, 0.25) is 5.02 Å². The van der Waals surface area contributed by atoms with E-state index in [1.54, 1.807) is 14.0 Å². The van der Waals surface area contributed by atoms with Crippen molar-refractivity contribution < 1.29 is 23.8 Å². The summed E-state index contributed by atoms with van der Waals surface area (Å²) < 4.78 is 24.0. The lowest BCUT2D eigenvalue weighted by atomic mass is 9.94. The van der Waals surface area contributed by atoms with Crippen LogP contribution in [0.25, 0.3) is 30.4 Å². The number of aromatic nitrogens is 3. The lowest BCUT2D eigenvalue weighted by Gasteiger charge is -2.14. The Morgan fingerprint density at radius 2 is 1.80 bits per heavy atom. The van der Waals surface area contributed by atoms with Gasteiger partial charge >= 0.3 is 12.1 Å². The number of amides is 1. The summed E-state index contributed by atoms with van der Waals surface area (Å²) in [6, 6.07) is 16.0. The van der Waals surface area contributed by atoms with Crippen LogP contribution in [0.3, 0.4) is 0 Å². The minimum Gasteiger partial charge on any atom is -0.481 e. The number of rotatable bonds is 7. The second-order valence-electron chi connectivity index (χ2n) is 9.64. The van der Waals surface area contributed by atoms with E-state index in [1.165, 1.54) is 39.5 Å². The van der Waals surface area contributed by atoms with E-state index in [0.717, 1.165) is 19.8 Å². The Morgan fingerprint density at radius 1 is 1.12 bits per heavy atom. The van der Waals surface area contributed by atoms with Crippen molar-refractivity contribution in [3.63, 3.8) is 0 Å². The molecule has 0 saturated heterocycles. The maximum atomic E-state index is 15.2. The number of hydrogen-bond donors (Lipinski definition) is 2. The standard InChI is InChI=1S/C28H22ClFN4O4S2/c1-14(15-6-4-3-5-7-15)38-27(37)31-25-24(32-33-34(25)2)23-13-22-21(40-23)12-20(39-22)16-10-18(29)17(11-19(16)30)28(8-9-28)26(35)36/h3-7,10-14H,8-9H2,1-2H3,(H,31,37)(H,35,36)/t14-/m1/s1. The Morgan fingerprint density at radius 3 is 2.48 bits per heavy atom. The van der Waals surface area contributed by atoms with Gasteiger partial charge in [0.05, 0.1) is 10.3 Å². The summed E-state index contributed by atoms with van der Waals surface area (Å²) >= 11 is 9.26. The first-order valence-corrected chi connectivity index (χ1v) is 14.4. The van der Waals surface area contributed by atoms with Crippen molar-refractivity contribution >= 4 is 61.6 Å². The van der Waals surface area contributed by atoms with E-state index in [9.17, 15) is 14.7 Å². The zero-order valence-corrected chi connectivity index (χ0v) is 23.7. The number of benzene rings is 2. The molecule has 6 rings (SSSR count). The molecule has 0 aliphatic heterocycles. The first-order chi connectivity index (χ1) is 19.2. The average molecular weight is 597 g/mol. The molecule has 0 unspecified atom stereocenters. The van der Waals surface area contributed by atoms with Crippen LogP contribution in [0.4, 0.5) is 15.0 Å². The maximum Gasteiger partial charge on any atom is 0.413 e. The Labute approximate surface area is 241 Å². The average Bonchev–Trinajstić information content (AvgIpc) is 3.34. The molecule has 40 heavy (non-hydrogen) atoms. The highest BCUT2D eigenvalue weighted by Crippen LogP contribution is 2.52. The predicted molar refractivity (Wildman–Crippen MR) is 154 cm³/mol. The van der Waals surface area contributed by atoms with Crippen molar-refractivity contribution in [3.8, 4) is 21.0 Å². The van der Waals surface area contributed by atoms with Gasteiger partial charge in [0.1, 0.15) is 17.6 Å². The number of fused-ring (bicyclic) bond motifs is 1. The van der Waals surface area contributed by atoms with E-state index in [2.05, 4.69) is 15.6 Å². The molecule has 5 aromatic rings. The Hall–Kier alpha value is -3.80. The largest absolute Gasteiger partial charge is 0.481 e. The van der Waals surface area contributed by atoms with Crippen LogP contribution in [-0.4, -0.2) is 32.2 Å². The lowest BCUT2D eigenvalue weighted by molar-refractivity contribution is -0.140. The molecule has 204 valence electrons. The fourth-order valence-electron chi connectivity index (χ4n) is 4.65. The molecule has 1 fully saturated rings. The van der Waals surface area contributed by atoms with Crippen LogP contribution in [0, 0.1) is 5.82 Å². The number of ether oxygens (including phenoxy) is 1. The molecule has 2 N–H and O–H groups in total. The van der Waals surface area contributed by atoms with Crippen LogP contribution < -0.4 is 5.32 Å². The molecule has 3 aromatic heterocycles. The van der Waals surface area contributed by atoms with E-state index in [-0.39, 0.29) is 5.02 Å². The number of thiophene rings is 2. The number of carbonyl (C=O) groups is 2. The second-order valence-corrected chi connectivity index (χ2v) is 12.2. The molecule has 1 amide bonds. The topological polar surface area (TPSA) is 106 Å². The van der Waals surface area contributed by atoms with E-state index in [0.29, 0.717) is 40.4 Å². The Kier molecular flexibility index (Phi) is 6.60. The van der Waals surface area contributed by atoms with Crippen molar-refractivity contribution in [1.82, 2.24) is 15.0 Å². The van der Waals surface area contributed by atoms with Gasteiger partial charge in [-0.25, -0.2) is 13.9 Å². The quantitative estimate of drug-likeness (QED) is 0.200. The van der Waals surface area contributed by atoms with Crippen molar-refractivity contribution in [1.29, 1.82) is 0 Å². The summed E-state index contributed by atoms with van der Waals surface area (Å²) in [6.07, 6.45) is -0.184. The van der Waals surface area contributed by atoms with Crippen LogP contribution in [0.1, 0.15) is 37.0 Å². The van der Waals surface area contributed by atoms with Gasteiger partial charge in [0.15, 0.2) is 5.82 Å². The molecule has 0 spiro atoms. The van der Waals surface area contributed by atoms with Gasteiger partial charge in [-0.1, -0.05) is 47.1 Å². The molecule has 2 aromatic carbocycles. The first-order valence-electron chi connectivity index (χ1n) is 12.4. The number of nitrogens with zero attached hydrogens (tertiary/aromatic N) is 3. The third-order valence-corrected chi connectivity index (χ3v) is 9.68. The smallest absolute Gasteiger partial charge is 0.413 e. The fraction of sp³-hybridized carbons (Fsp3) is 0.214. The van der Waals surface area contributed by atoms with Gasteiger partial charge in [-0.15, -0.1) is 27.8 Å². The number of carboxylic acids is 1. The normalized spacial score (nSPS) is 14.7. The molecule has 8 nitrogen and oxygen atoms in total. The molecule has 1 aliphatic carbocycles. The van der Waals surface area contributed by atoms with E-state index in [1.807, 2.05) is 42.5 Å². The Balaban J connectivity index is 1.24.